The Bertz CT molecular complexity index is 454. The quantitative estimate of drug-likeness (QED) is 0.802. The van der Waals surface area contributed by atoms with Crippen LogP contribution in [0.25, 0.3) is 0 Å². The third-order valence-corrected chi connectivity index (χ3v) is 3.45. The van der Waals surface area contributed by atoms with Gasteiger partial charge in [-0.1, -0.05) is 30.3 Å². The number of likely N-dealkylation sites (tertiary alicyclic amines) is 1. The lowest BCUT2D eigenvalue weighted by atomic mass is 10.0. The lowest BCUT2D eigenvalue weighted by molar-refractivity contribution is -0.0218. The number of rotatable bonds is 4. The largest absolute Gasteiger partial charge is 0.445 e. The molecule has 1 aromatic rings. The number of carbonyl (C=O) groups excluding carboxylic acids is 1. The number of nitrogens with one attached hydrogen (secondary N) is 1. The molecule has 1 heterocycles. The van der Waals surface area contributed by atoms with Gasteiger partial charge in [-0.15, -0.1) is 0 Å². The van der Waals surface area contributed by atoms with Crippen molar-refractivity contribution >= 4 is 6.09 Å². The van der Waals surface area contributed by atoms with E-state index >= 15 is 0 Å². The summed E-state index contributed by atoms with van der Waals surface area (Å²) in [5.41, 5.74) is 2.98. The van der Waals surface area contributed by atoms with E-state index in [1.807, 2.05) is 30.3 Å². The monoisotopic (exact) mass is 280 g/mol. The molecule has 0 radical (unpaired) electrons. The van der Waals surface area contributed by atoms with E-state index in [0.29, 0.717) is 6.54 Å². The van der Waals surface area contributed by atoms with E-state index in [1.54, 1.807) is 6.92 Å². The predicted octanol–water partition coefficient (Wildman–Crippen LogP) is 0.909. The van der Waals surface area contributed by atoms with Crippen LogP contribution < -0.4 is 5.48 Å². The van der Waals surface area contributed by atoms with Crippen molar-refractivity contribution in [1.29, 1.82) is 0 Å². The minimum Gasteiger partial charge on any atom is -0.445 e. The summed E-state index contributed by atoms with van der Waals surface area (Å²) in [6.07, 6.45) is -1.14. The lowest BCUT2D eigenvalue weighted by Gasteiger charge is -2.26. The number of nitrogens with zero attached hydrogens (tertiary/aromatic N) is 1. The molecule has 2 rings (SSSR count). The van der Waals surface area contributed by atoms with Gasteiger partial charge in [-0.25, -0.2) is 4.79 Å². The second-order valence-electron chi connectivity index (χ2n) is 5.16. The Balaban J connectivity index is 1.88. The summed E-state index contributed by atoms with van der Waals surface area (Å²) in [4.78, 5) is 18.3. The molecule has 110 valence electrons. The predicted molar refractivity (Wildman–Crippen MR) is 72.8 cm³/mol. The van der Waals surface area contributed by atoms with E-state index in [-0.39, 0.29) is 13.2 Å². The fraction of sp³-hybridized carbons (Fsp3) is 0.500. The van der Waals surface area contributed by atoms with Crippen molar-refractivity contribution in [2.24, 2.45) is 0 Å². The summed E-state index contributed by atoms with van der Waals surface area (Å²) in [6, 6.07) is 9.47. The van der Waals surface area contributed by atoms with Crippen LogP contribution in [-0.4, -0.2) is 47.9 Å². The molecule has 0 aromatic heterocycles. The minimum absolute atomic E-state index is 0.223. The van der Waals surface area contributed by atoms with Gasteiger partial charge < -0.3 is 19.6 Å². The molecule has 0 unspecified atom stereocenters. The van der Waals surface area contributed by atoms with Crippen LogP contribution in [0.3, 0.4) is 0 Å². The van der Waals surface area contributed by atoms with E-state index in [2.05, 4.69) is 5.48 Å². The van der Waals surface area contributed by atoms with Crippen LogP contribution in [0, 0.1) is 0 Å². The first-order valence-corrected chi connectivity index (χ1v) is 6.49. The first-order valence-electron chi connectivity index (χ1n) is 6.49. The number of benzene rings is 1. The molecule has 1 aliphatic heterocycles. The average molecular weight is 280 g/mol. The Labute approximate surface area is 118 Å². The maximum absolute atomic E-state index is 12.0. The van der Waals surface area contributed by atoms with Crippen molar-refractivity contribution in [1.82, 2.24) is 10.4 Å². The third-order valence-electron chi connectivity index (χ3n) is 3.45. The van der Waals surface area contributed by atoms with E-state index < -0.39 is 17.7 Å². The van der Waals surface area contributed by atoms with Gasteiger partial charge in [-0.3, -0.25) is 0 Å². The number of aliphatic hydroxyl groups excluding tert-OH is 1. The van der Waals surface area contributed by atoms with Crippen LogP contribution in [-0.2, 0) is 16.2 Å². The summed E-state index contributed by atoms with van der Waals surface area (Å²) in [6.45, 7) is 2.57. The zero-order valence-corrected chi connectivity index (χ0v) is 11.7. The number of hydrogen-bond acceptors (Lipinski definition) is 5. The number of β-amino-alcohol motifs (C(OH)–C–C–N with tert-alkyl or cyclic N) is 1. The van der Waals surface area contributed by atoms with Gasteiger partial charge in [0.25, 0.3) is 0 Å². The highest BCUT2D eigenvalue weighted by atomic mass is 16.6. The van der Waals surface area contributed by atoms with Crippen molar-refractivity contribution in [3.8, 4) is 0 Å². The maximum Gasteiger partial charge on any atom is 0.410 e. The van der Waals surface area contributed by atoms with Gasteiger partial charge in [0.05, 0.1) is 25.3 Å². The first kappa shape index (κ1) is 14.8. The zero-order valence-electron chi connectivity index (χ0n) is 11.7. The van der Waals surface area contributed by atoms with Gasteiger partial charge in [0, 0.05) is 6.54 Å². The molecule has 1 aromatic carbocycles. The molecule has 1 aliphatic rings. The Kier molecular flexibility index (Phi) is 4.59. The number of amides is 1. The molecule has 1 saturated heterocycles. The first-order chi connectivity index (χ1) is 9.55. The Hall–Kier alpha value is -1.63. The lowest BCUT2D eigenvalue weighted by Crippen LogP contribution is -2.51. The summed E-state index contributed by atoms with van der Waals surface area (Å²) in [5, 5.41) is 9.99. The van der Waals surface area contributed by atoms with Crippen molar-refractivity contribution in [3.63, 3.8) is 0 Å². The van der Waals surface area contributed by atoms with Gasteiger partial charge >= 0.3 is 6.09 Å². The third kappa shape index (κ3) is 3.27. The standard InChI is InChI=1S/C14H20N2O4/c1-14(15-19-2)10-16(8-12(14)17)13(18)20-9-11-6-4-3-5-7-11/h3-7,12,15,17H,8-10H2,1-2H3/t12-,14+/m0/s1. The van der Waals surface area contributed by atoms with E-state index in [9.17, 15) is 9.90 Å². The fourth-order valence-electron chi connectivity index (χ4n) is 2.26. The molecule has 0 saturated carbocycles. The maximum atomic E-state index is 12.0. The van der Waals surface area contributed by atoms with Crippen LogP contribution in [0.2, 0.25) is 0 Å². The highest BCUT2D eigenvalue weighted by molar-refractivity contribution is 5.68. The SMILES string of the molecule is CON[C@]1(C)CN(C(=O)OCc2ccccc2)C[C@@H]1O. The van der Waals surface area contributed by atoms with E-state index in [1.165, 1.54) is 12.0 Å². The zero-order chi connectivity index (χ0) is 14.6. The van der Waals surface area contributed by atoms with Crippen molar-refractivity contribution in [3.05, 3.63) is 35.9 Å². The second kappa shape index (κ2) is 6.21. The molecule has 2 N–H and O–H groups in total. The average Bonchev–Trinajstić information content (AvgIpc) is 2.74. The molecular weight excluding hydrogens is 260 g/mol. The van der Waals surface area contributed by atoms with Crippen molar-refractivity contribution in [2.75, 3.05) is 20.2 Å². The van der Waals surface area contributed by atoms with Gasteiger partial charge in [0.1, 0.15) is 6.61 Å². The van der Waals surface area contributed by atoms with Gasteiger partial charge in [-0.2, -0.15) is 5.48 Å². The number of hydrogen-bond donors (Lipinski definition) is 2. The summed E-state index contributed by atoms with van der Waals surface area (Å²) in [5.74, 6) is 0. The van der Waals surface area contributed by atoms with Gasteiger partial charge in [0.15, 0.2) is 0 Å². The number of carbonyl (C=O) groups is 1. The molecule has 6 nitrogen and oxygen atoms in total. The molecule has 1 fully saturated rings. The van der Waals surface area contributed by atoms with E-state index in [0.717, 1.165) is 5.56 Å². The van der Waals surface area contributed by atoms with E-state index in [4.69, 9.17) is 9.57 Å². The van der Waals surface area contributed by atoms with Crippen LogP contribution >= 0.6 is 0 Å². The molecular formula is C14H20N2O4. The number of ether oxygens (including phenoxy) is 1. The molecule has 6 heteroatoms. The summed E-state index contributed by atoms with van der Waals surface area (Å²) < 4.78 is 5.24. The Morgan fingerprint density at radius 2 is 2.20 bits per heavy atom. The summed E-state index contributed by atoms with van der Waals surface area (Å²) in [7, 11) is 1.48. The number of aliphatic hydroxyl groups is 1. The smallest absolute Gasteiger partial charge is 0.410 e. The second-order valence-corrected chi connectivity index (χ2v) is 5.16. The normalized spacial score (nSPS) is 25.8. The summed E-state index contributed by atoms with van der Waals surface area (Å²) >= 11 is 0. The molecule has 0 spiro atoms. The topological polar surface area (TPSA) is 71.0 Å². The number of hydroxylamine groups is 1. The highest BCUT2D eigenvalue weighted by Crippen LogP contribution is 2.22. The molecule has 1 amide bonds. The Morgan fingerprint density at radius 3 is 2.85 bits per heavy atom. The fourth-order valence-corrected chi connectivity index (χ4v) is 2.26. The Morgan fingerprint density at radius 1 is 1.50 bits per heavy atom. The molecule has 20 heavy (non-hydrogen) atoms. The van der Waals surface area contributed by atoms with Gasteiger partial charge in [-0.05, 0) is 12.5 Å². The van der Waals surface area contributed by atoms with Crippen LogP contribution in [0.1, 0.15) is 12.5 Å². The van der Waals surface area contributed by atoms with Crippen LogP contribution in [0.15, 0.2) is 30.3 Å². The van der Waals surface area contributed by atoms with Crippen LogP contribution in [0.4, 0.5) is 4.79 Å². The minimum atomic E-state index is -0.702. The van der Waals surface area contributed by atoms with Crippen LogP contribution in [0.5, 0.6) is 0 Å². The van der Waals surface area contributed by atoms with Crippen molar-refractivity contribution in [2.45, 2.75) is 25.2 Å². The molecule has 0 bridgehead atoms. The van der Waals surface area contributed by atoms with Gasteiger partial charge in [0.2, 0.25) is 0 Å². The molecule has 0 aliphatic carbocycles. The van der Waals surface area contributed by atoms with Crippen molar-refractivity contribution < 1.29 is 19.5 Å². The highest BCUT2D eigenvalue weighted by Gasteiger charge is 2.44. The molecule has 2 atom stereocenters.